The minimum Gasteiger partial charge on any atom is -0.443 e. The van der Waals surface area contributed by atoms with E-state index in [1.165, 1.54) is 11.1 Å². The minimum absolute atomic E-state index is 0.0546. The summed E-state index contributed by atoms with van der Waals surface area (Å²) in [6.07, 6.45) is 0. The molecule has 0 heterocycles. The Morgan fingerprint density at radius 3 is 1.54 bits per heavy atom. The molecule has 0 spiro atoms. The van der Waals surface area contributed by atoms with E-state index in [0.717, 1.165) is 33.3 Å². The molecule has 3 heteroatoms. The van der Waals surface area contributed by atoms with Crippen molar-refractivity contribution in [3.8, 4) is 16.9 Å². The van der Waals surface area contributed by atoms with Crippen molar-refractivity contribution in [1.29, 1.82) is 0 Å². The van der Waals surface area contributed by atoms with Crippen LogP contribution in [0, 0.1) is 0 Å². The maximum absolute atomic E-state index is 11.7. The van der Waals surface area contributed by atoms with E-state index in [1.807, 2.05) is 12.1 Å². The first kappa shape index (κ1) is 29.4. The van der Waals surface area contributed by atoms with Gasteiger partial charge in [0.15, 0.2) is 0 Å². The number of hydrogen-bond acceptors (Lipinski definition) is 2. The normalized spacial score (nSPS) is 14.0. The molecule has 1 unspecified atom stereocenters. The van der Waals surface area contributed by atoms with Crippen molar-refractivity contribution in [2.75, 3.05) is 0 Å². The number of benzene rings is 3. The third kappa shape index (κ3) is 6.65. The molecule has 0 saturated carbocycles. The third-order valence-electron chi connectivity index (χ3n) is 6.90. The molecule has 37 heavy (non-hydrogen) atoms. The molecule has 0 aliphatic heterocycles. The molecule has 0 fully saturated rings. The van der Waals surface area contributed by atoms with Gasteiger partial charge < -0.3 is 9.42 Å². The summed E-state index contributed by atoms with van der Waals surface area (Å²) in [6, 6.07) is 21.3. The lowest BCUT2D eigenvalue weighted by atomic mass is 9.77. The Bertz CT molecular complexity index is 1210. The summed E-state index contributed by atoms with van der Waals surface area (Å²) in [4.78, 5) is 11.7. The minimum atomic E-state index is -1.90. The van der Waals surface area contributed by atoms with Gasteiger partial charge in [-0.15, -0.1) is 0 Å². The average Bonchev–Trinajstić information content (AvgIpc) is 2.76. The highest BCUT2D eigenvalue weighted by atomic mass is 31.2. The van der Waals surface area contributed by atoms with Gasteiger partial charge >= 0.3 is 0 Å². The SMILES string of the molecule is CC(C)(C)c1ccc(-c2ccccc2P(O)Oc2c(C(C)(C)C)cccc2C(C)(C)C)c(C(C)(C)C)c1. The van der Waals surface area contributed by atoms with Crippen molar-refractivity contribution in [2.24, 2.45) is 0 Å². The van der Waals surface area contributed by atoms with Gasteiger partial charge in [0.05, 0.1) is 0 Å². The van der Waals surface area contributed by atoms with E-state index in [2.05, 4.69) is 132 Å². The van der Waals surface area contributed by atoms with Crippen LogP contribution in [0.5, 0.6) is 5.75 Å². The second-order valence-corrected chi connectivity index (χ2v) is 15.5. The van der Waals surface area contributed by atoms with E-state index in [0.29, 0.717) is 0 Å². The van der Waals surface area contributed by atoms with Gasteiger partial charge in [0.1, 0.15) is 5.75 Å². The number of para-hydroxylation sites is 1. The summed E-state index contributed by atoms with van der Waals surface area (Å²) in [7, 11) is -1.90. The van der Waals surface area contributed by atoms with E-state index >= 15 is 0 Å². The summed E-state index contributed by atoms with van der Waals surface area (Å²) in [6.45, 7) is 26.7. The molecule has 1 N–H and O–H groups in total. The van der Waals surface area contributed by atoms with E-state index < -0.39 is 8.38 Å². The molecule has 3 rings (SSSR count). The standard InChI is InChI=1S/C34H47O2P/c1-31(2,3)23-20-21-24(28(22-23)34(10,11)12)25-16-13-14-19-29(25)37(35)36-30-26(32(4,5)6)17-15-18-27(30)33(7,8)9/h13-22,35H,1-12H3. The van der Waals surface area contributed by atoms with Crippen molar-refractivity contribution in [1.82, 2.24) is 0 Å². The highest BCUT2D eigenvalue weighted by Gasteiger charge is 2.30. The molecule has 0 radical (unpaired) electrons. The molecule has 0 bridgehead atoms. The first-order valence-electron chi connectivity index (χ1n) is 13.4. The van der Waals surface area contributed by atoms with Crippen LogP contribution in [0.25, 0.3) is 11.1 Å². The highest BCUT2D eigenvalue weighted by molar-refractivity contribution is 7.55. The quantitative estimate of drug-likeness (QED) is 0.348. The fraction of sp³-hybridized carbons (Fsp3) is 0.471. The Labute approximate surface area is 227 Å². The smallest absolute Gasteiger partial charge is 0.262 e. The lowest BCUT2D eigenvalue weighted by Crippen LogP contribution is -2.21. The zero-order chi connectivity index (χ0) is 28.0. The summed E-state index contributed by atoms with van der Waals surface area (Å²) in [5.74, 6) is 0.810. The van der Waals surface area contributed by atoms with Crippen LogP contribution in [0.3, 0.4) is 0 Å². The van der Waals surface area contributed by atoms with Crippen molar-refractivity contribution in [2.45, 2.75) is 105 Å². The van der Waals surface area contributed by atoms with Gasteiger partial charge in [-0.2, -0.15) is 0 Å². The summed E-state index contributed by atoms with van der Waals surface area (Å²) >= 11 is 0. The average molecular weight is 519 g/mol. The van der Waals surface area contributed by atoms with Gasteiger partial charge in [0, 0.05) is 16.4 Å². The zero-order valence-corrected chi connectivity index (χ0v) is 26.0. The van der Waals surface area contributed by atoms with Crippen LogP contribution in [-0.4, -0.2) is 4.89 Å². The van der Waals surface area contributed by atoms with Crippen LogP contribution in [0.1, 0.15) is 105 Å². The monoisotopic (exact) mass is 518 g/mol. The van der Waals surface area contributed by atoms with Gasteiger partial charge in [-0.1, -0.05) is 138 Å². The molecule has 200 valence electrons. The van der Waals surface area contributed by atoms with Gasteiger partial charge in [-0.25, -0.2) is 0 Å². The third-order valence-corrected chi connectivity index (χ3v) is 8.06. The summed E-state index contributed by atoms with van der Waals surface area (Å²) < 4.78 is 6.60. The Morgan fingerprint density at radius 2 is 1.05 bits per heavy atom. The molecule has 1 atom stereocenters. The molecule has 0 saturated heterocycles. The molecule has 3 aromatic carbocycles. The van der Waals surface area contributed by atoms with Crippen molar-refractivity contribution in [3.63, 3.8) is 0 Å². The molecule has 2 nitrogen and oxygen atoms in total. The van der Waals surface area contributed by atoms with Crippen molar-refractivity contribution in [3.05, 3.63) is 82.9 Å². The predicted molar refractivity (Wildman–Crippen MR) is 163 cm³/mol. The van der Waals surface area contributed by atoms with E-state index in [4.69, 9.17) is 4.52 Å². The largest absolute Gasteiger partial charge is 0.443 e. The first-order chi connectivity index (χ1) is 16.8. The molecule has 0 amide bonds. The van der Waals surface area contributed by atoms with Crippen molar-refractivity contribution >= 4 is 13.7 Å². The van der Waals surface area contributed by atoms with Crippen LogP contribution in [-0.2, 0) is 21.7 Å². The first-order valence-corrected chi connectivity index (χ1v) is 14.6. The Kier molecular flexibility index (Phi) is 8.10. The zero-order valence-electron chi connectivity index (χ0n) is 25.1. The van der Waals surface area contributed by atoms with Gasteiger partial charge in [-0.3, -0.25) is 0 Å². The van der Waals surface area contributed by atoms with Gasteiger partial charge in [-0.05, 0) is 50.0 Å². The van der Waals surface area contributed by atoms with Crippen LogP contribution in [0.15, 0.2) is 60.7 Å². The Morgan fingerprint density at radius 1 is 0.541 bits per heavy atom. The number of hydrogen-bond donors (Lipinski definition) is 1. The lowest BCUT2D eigenvalue weighted by Gasteiger charge is -2.31. The van der Waals surface area contributed by atoms with Gasteiger partial charge in [0.2, 0.25) is 0 Å². The fourth-order valence-corrected chi connectivity index (χ4v) is 5.77. The van der Waals surface area contributed by atoms with Crippen LogP contribution < -0.4 is 9.83 Å². The van der Waals surface area contributed by atoms with Gasteiger partial charge in [0.25, 0.3) is 8.38 Å². The summed E-state index contributed by atoms with van der Waals surface area (Å²) in [5, 5.41) is 0.843. The summed E-state index contributed by atoms with van der Waals surface area (Å²) in [5.41, 5.74) is 6.78. The Hall–Kier alpha value is -2.15. The number of rotatable bonds is 4. The van der Waals surface area contributed by atoms with E-state index in [-0.39, 0.29) is 21.7 Å². The second-order valence-electron chi connectivity index (χ2n) is 14.3. The van der Waals surface area contributed by atoms with Crippen LogP contribution >= 0.6 is 8.38 Å². The van der Waals surface area contributed by atoms with Crippen LogP contribution in [0.2, 0.25) is 0 Å². The topological polar surface area (TPSA) is 29.5 Å². The van der Waals surface area contributed by atoms with E-state index in [1.54, 1.807) is 0 Å². The maximum atomic E-state index is 11.7. The highest BCUT2D eigenvalue weighted by Crippen LogP contribution is 2.47. The molecule has 0 aliphatic carbocycles. The van der Waals surface area contributed by atoms with Crippen LogP contribution in [0.4, 0.5) is 0 Å². The van der Waals surface area contributed by atoms with E-state index in [9.17, 15) is 4.89 Å². The second kappa shape index (κ2) is 10.2. The van der Waals surface area contributed by atoms with Crippen molar-refractivity contribution < 1.29 is 9.42 Å². The predicted octanol–water partition coefficient (Wildman–Crippen LogP) is 9.55. The molecular weight excluding hydrogens is 471 g/mol. The molecule has 0 aromatic heterocycles. The molecular formula is C34H47O2P. The molecule has 0 aliphatic rings. The molecule has 3 aromatic rings. The fourth-order valence-electron chi connectivity index (χ4n) is 4.69. The Balaban J connectivity index is 2.19. The lowest BCUT2D eigenvalue weighted by molar-refractivity contribution is 0.460. The maximum Gasteiger partial charge on any atom is 0.262 e.